The van der Waals surface area contributed by atoms with Gasteiger partial charge in [0.1, 0.15) is 6.04 Å². The largest absolute Gasteiger partial charge is 0.480 e. The highest BCUT2D eigenvalue weighted by molar-refractivity contribution is 6.36. The molecule has 1 aliphatic heterocycles. The molecular formula is C13H13Cl2NO4. The Morgan fingerprint density at radius 1 is 1.30 bits per heavy atom. The second-order valence-corrected chi connectivity index (χ2v) is 5.48. The average molecular weight is 318 g/mol. The zero-order valence-electron chi connectivity index (χ0n) is 10.4. The van der Waals surface area contributed by atoms with Crippen LogP contribution in [0.3, 0.4) is 0 Å². The summed E-state index contributed by atoms with van der Waals surface area (Å²) in [6.45, 7) is 0.0118. The van der Waals surface area contributed by atoms with Crippen molar-refractivity contribution in [3.63, 3.8) is 0 Å². The molecule has 0 aromatic heterocycles. The van der Waals surface area contributed by atoms with Crippen LogP contribution < -0.4 is 0 Å². The first kappa shape index (κ1) is 15.1. The van der Waals surface area contributed by atoms with Crippen molar-refractivity contribution in [3.8, 4) is 0 Å². The van der Waals surface area contributed by atoms with Crippen LogP contribution in [-0.4, -0.2) is 45.7 Å². The second-order valence-electron chi connectivity index (χ2n) is 4.67. The number of hydrogen-bond acceptors (Lipinski definition) is 3. The standard InChI is InChI=1S/C13H13Cl2NO4/c14-9-2-1-3-10(15)8(9)5-12(18)16-6-7(17)4-11(16)13(19)20/h1-3,7,11,17H,4-6H2,(H,19,20). The van der Waals surface area contributed by atoms with Crippen LogP contribution in [0, 0.1) is 0 Å². The van der Waals surface area contributed by atoms with Crippen molar-refractivity contribution in [1.29, 1.82) is 0 Å². The van der Waals surface area contributed by atoms with E-state index in [0.717, 1.165) is 4.90 Å². The number of aliphatic hydroxyl groups is 1. The van der Waals surface area contributed by atoms with E-state index in [9.17, 15) is 14.7 Å². The number of halogens is 2. The minimum atomic E-state index is -1.12. The van der Waals surface area contributed by atoms with Crippen LogP contribution in [0.25, 0.3) is 0 Å². The fraction of sp³-hybridized carbons (Fsp3) is 0.385. The number of carbonyl (C=O) groups is 2. The van der Waals surface area contributed by atoms with Crippen molar-refractivity contribution < 1.29 is 19.8 Å². The summed E-state index contributed by atoms with van der Waals surface area (Å²) in [5.41, 5.74) is 0.464. The van der Waals surface area contributed by atoms with Gasteiger partial charge in [0.15, 0.2) is 0 Å². The molecule has 5 nitrogen and oxygen atoms in total. The van der Waals surface area contributed by atoms with Gasteiger partial charge in [0.05, 0.1) is 12.5 Å². The molecule has 1 aliphatic rings. The van der Waals surface area contributed by atoms with Gasteiger partial charge in [0, 0.05) is 23.0 Å². The SMILES string of the molecule is O=C(O)C1CC(O)CN1C(=O)Cc1c(Cl)cccc1Cl. The average Bonchev–Trinajstić information content (AvgIpc) is 2.76. The molecule has 0 bridgehead atoms. The summed E-state index contributed by atoms with van der Waals surface area (Å²) in [5, 5.41) is 19.3. The molecule has 0 spiro atoms. The number of nitrogens with zero attached hydrogens (tertiary/aromatic N) is 1. The molecule has 7 heteroatoms. The Labute approximate surface area is 125 Å². The number of benzene rings is 1. The van der Waals surface area contributed by atoms with Gasteiger partial charge in [0.2, 0.25) is 5.91 Å². The van der Waals surface area contributed by atoms with Crippen LogP contribution in [0.15, 0.2) is 18.2 Å². The second kappa shape index (κ2) is 5.99. The van der Waals surface area contributed by atoms with Crippen molar-refractivity contribution >= 4 is 35.1 Å². The van der Waals surface area contributed by atoms with E-state index in [1.165, 1.54) is 0 Å². The van der Waals surface area contributed by atoms with E-state index in [2.05, 4.69) is 0 Å². The monoisotopic (exact) mass is 317 g/mol. The topological polar surface area (TPSA) is 77.8 Å². The Hall–Kier alpha value is -1.30. The Morgan fingerprint density at radius 2 is 1.90 bits per heavy atom. The molecule has 1 aromatic carbocycles. The van der Waals surface area contributed by atoms with Crippen LogP contribution in [0.2, 0.25) is 10.0 Å². The molecule has 2 atom stereocenters. The summed E-state index contributed by atoms with van der Waals surface area (Å²) >= 11 is 12.0. The van der Waals surface area contributed by atoms with E-state index in [0.29, 0.717) is 15.6 Å². The van der Waals surface area contributed by atoms with Gasteiger partial charge in [-0.1, -0.05) is 29.3 Å². The number of carbonyl (C=O) groups excluding carboxylic acids is 1. The number of rotatable bonds is 3. The van der Waals surface area contributed by atoms with Gasteiger partial charge in [-0.15, -0.1) is 0 Å². The van der Waals surface area contributed by atoms with Crippen molar-refractivity contribution in [2.24, 2.45) is 0 Å². The number of amides is 1. The molecule has 2 rings (SSSR count). The minimum Gasteiger partial charge on any atom is -0.480 e. The summed E-state index contributed by atoms with van der Waals surface area (Å²) in [5.74, 6) is -1.54. The maximum atomic E-state index is 12.2. The van der Waals surface area contributed by atoms with Crippen molar-refractivity contribution in [1.82, 2.24) is 4.90 Å². The normalized spacial score (nSPS) is 22.1. The predicted octanol–water partition coefficient (Wildman–Crippen LogP) is 1.58. The lowest BCUT2D eigenvalue weighted by atomic mass is 10.1. The van der Waals surface area contributed by atoms with Crippen molar-refractivity contribution in [2.75, 3.05) is 6.54 Å². The van der Waals surface area contributed by atoms with Gasteiger partial charge in [-0.3, -0.25) is 4.79 Å². The van der Waals surface area contributed by atoms with Gasteiger partial charge in [-0.05, 0) is 17.7 Å². The van der Waals surface area contributed by atoms with Crippen LogP contribution in [-0.2, 0) is 16.0 Å². The quantitative estimate of drug-likeness (QED) is 0.887. The lowest BCUT2D eigenvalue weighted by molar-refractivity contribution is -0.148. The van der Waals surface area contributed by atoms with E-state index in [4.69, 9.17) is 28.3 Å². The molecule has 0 radical (unpaired) electrons. The molecule has 1 fully saturated rings. The number of carboxylic acids is 1. The molecule has 1 saturated heterocycles. The smallest absolute Gasteiger partial charge is 0.326 e. The van der Waals surface area contributed by atoms with Gasteiger partial charge < -0.3 is 15.1 Å². The van der Waals surface area contributed by atoms with E-state index in [1.807, 2.05) is 0 Å². The summed E-state index contributed by atoms with van der Waals surface area (Å²) in [6.07, 6.45) is -0.867. The fourth-order valence-electron chi connectivity index (χ4n) is 2.28. The van der Waals surface area contributed by atoms with E-state index >= 15 is 0 Å². The molecule has 2 N–H and O–H groups in total. The molecule has 1 heterocycles. The maximum Gasteiger partial charge on any atom is 0.326 e. The maximum absolute atomic E-state index is 12.2. The van der Waals surface area contributed by atoms with Crippen LogP contribution in [0.4, 0.5) is 0 Å². The van der Waals surface area contributed by atoms with Gasteiger partial charge >= 0.3 is 5.97 Å². The first-order valence-corrected chi connectivity index (χ1v) is 6.79. The Balaban J connectivity index is 2.18. The van der Waals surface area contributed by atoms with Gasteiger partial charge in [0.25, 0.3) is 0 Å². The third-order valence-corrected chi connectivity index (χ3v) is 3.98. The molecule has 2 unspecified atom stereocenters. The number of aliphatic carboxylic acids is 1. The lowest BCUT2D eigenvalue weighted by Gasteiger charge is -2.21. The minimum absolute atomic E-state index is 0.0118. The lowest BCUT2D eigenvalue weighted by Crippen LogP contribution is -2.41. The number of aliphatic hydroxyl groups excluding tert-OH is 1. The Bertz CT molecular complexity index is 529. The zero-order valence-corrected chi connectivity index (χ0v) is 11.9. The molecule has 20 heavy (non-hydrogen) atoms. The summed E-state index contributed by atoms with van der Waals surface area (Å²) in [7, 11) is 0. The highest BCUT2D eigenvalue weighted by atomic mass is 35.5. The van der Waals surface area contributed by atoms with Gasteiger partial charge in [-0.25, -0.2) is 4.79 Å². The Kier molecular flexibility index (Phi) is 4.52. The summed E-state index contributed by atoms with van der Waals surface area (Å²) in [6, 6.07) is 3.89. The fourth-order valence-corrected chi connectivity index (χ4v) is 2.81. The summed E-state index contributed by atoms with van der Waals surface area (Å²) in [4.78, 5) is 24.5. The highest BCUT2D eigenvalue weighted by Crippen LogP contribution is 2.27. The highest BCUT2D eigenvalue weighted by Gasteiger charge is 2.38. The molecule has 108 valence electrons. The van der Waals surface area contributed by atoms with E-state index in [-0.39, 0.29) is 19.4 Å². The third-order valence-electron chi connectivity index (χ3n) is 3.27. The Morgan fingerprint density at radius 3 is 2.45 bits per heavy atom. The molecule has 1 amide bonds. The summed E-state index contributed by atoms with van der Waals surface area (Å²) < 4.78 is 0. The van der Waals surface area contributed by atoms with Crippen LogP contribution in [0.5, 0.6) is 0 Å². The number of hydrogen-bond donors (Lipinski definition) is 2. The molecule has 0 aliphatic carbocycles. The first-order chi connectivity index (χ1) is 9.40. The zero-order chi connectivity index (χ0) is 14.9. The molecular weight excluding hydrogens is 305 g/mol. The van der Waals surface area contributed by atoms with E-state index in [1.54, 1.807) is 18.2 Å². The number of likely N-dealkylation sites (tertiary alicyclic amines) is 1. The predicted molar refractivity (Wildman–Crippen MR) is 73.9 cm³/mol. The number of β-amino-alcohol motifs (C(OH)–C–C–N with tert-alkyl or cyclic N) is 1. The van der Waals surface area contributed by atoms with Crippen LogP contribution in [0.1, 0.15) is 12.0 Å². The van der Waals surface area contributed by atoms with Crippen molar-refractivity contribution in [2.45, 2.75) is 25.0 Å². The number of carboxylic acid groups (broad SMARTS) is 1. The third kappa shape index (κ3) is 3.06. The molecule has 1 aromatic rings. The van der Waals surface area contributed by atoms with Gasteiger partial charge in [-0.2, -0.15) is 0 Å². The van der Waals surface area contributed by atoms with E-state index < -0.39 is 24.0 Å². The first-order valence-electron chi connectivity index (χ1n) is 6.03. The van der Waals surface area contributed by atoms with Crippen LogP contribution >= 0.6 is 23.2 Å². The van der Waals surface area contributed by atoms with Crippen molar-refractivity contribution in [3.05, 3.63) is 33.8 Å². The molecule has 0 saturated carbocycles.